The highest BCUT2D eigenvalue weighted by Crippen LogP contribution is 2.35. The topological polar surface area (TPSA) is 71.1 Å². The first-order valence-corrected chi connectivity index (χ1v) is 6.25. The lowest BCUT2D eigenvalue weighted by atomic mass is 9.83. The van der Waals surface area contributed by atoms with Crippen LogP contribution in [0.1, 0.15) is 31.8 Å². The summed E-state index contributed by atoms with van der Waals surface area (Å²) >= 11 is 0. The van der Waals surface area contributed by atoms with Crippen molar-refractivity contribution in [2.24, 2.45) is 0 Å². The van der Waals surface area contributed by atoms with Crippen molar-refractivity contribution in [3.05, 3.63) is 52.8 Å². The number of fused-ring (bicyclic) bond motifs is 2. The van der Waals surface area contributed by atoms with Gasteiger partial charge in [0.2, 0.25) is 0 Å². The normalized spacial score (nSPS) is 12.7. The van der Waals surface area contributed by atoms with Crippen molar-refractivity contribution in [3.8, 4) is 0 Å². The third-order valence-electron chi connectivity index (χ3n) is 3.51. The van der Waals surface area contributed by atoms with Gasteiger partial charge in [-0.2, -0.15) is 0 Å². The van der Waals surface area contributed by atoms with Gasteiger partial charge < -0.3 is 10.6 Å². The van der Waals surface area contributed by atoms with Gasteiger partial charge >= 0.3 is 0 Å². The zero-order chi connectivity index (χ0) is 14.3. The molecule has 0 aliphatic heterocycles. The van der Waals surface area contributed by atoms with E-state index in [1.165, 1.54) is 12.4 Å². The molecule has 1 aromatic heterocycles. The summed E-state index contributed by atoms with van der Waals surface area (Å²) in [7, 11) is 3.46. The maximum Gasteiger partial charge on any atom is 0.198 e. The van der Waals surface area contributed by atoms with Crippen LogP contribution in [0, 0.1) is 0 Å². The Morgan fingerprint density at radius 2 is 1.40 bits per heavy atom. The Hall–Kier alpha value is -2.69. The molecule has 1 heterocycles. The van der Waals surface area contributed by atoms with E-state index in [2.05, 4.69) is 15.6 Å². The van der Waals surface area contributed by atoms with Crippen molar-refractivity contribution in [2.75, 3.05) is 24.7 Å². The molecule has 0 unspecified atom stereocenters. The van der Waals surface area contributed by atoms with E-state index in [1.807, 2.05) is 0 Å². The summed E-state index contributed by atoms with van der Waals surface area (Å²) in [4.78, 5) is 29.2. The minimum Gasteiger partial charge on any atom is -0.388 e. The maximum atomic E-state index is 12.7. The number of hydrogen-bond acceptors (Lipinski definition) is 5. The fourth-order valence-electron chi connectivity index (χ4n) is 2.53. The second-order valence-electron chi connectivity index (χ2n) is 4.49. The SMILES string of the molecule is CNc1ccc(NC)c2c1C(=O)c1ccncc1C2=O. The van der Waals surface area contributed by atoms with E-state index in [-0.39, 0.29) is 11.6 Å². The predicted molar refractivity (Wildman–Crippen MR) is 76.6 cm³/mol. The minimum atomic E-state index is -0.177. The number of rotatable bonds is 2. The Bertz CT molecular complexity index is 676. The van der Waals surface area contributed by atoms with Crippen molar-refractivity contribution in [1.82, 2.24) is 4.98 Å². The summed E-state index contributed by atoms with van der Waals surface area (Å²) in [5, 5.41) is 5.94. The third-order valence-corrected chi connectivity index (χ3v) is 3.51. The highest BCUT2D eigenvalue weighted by Gasteiger charge is 2.33. The van der Waals surface area contributed by atoms with Gasteiger partial charge in [-0.1, -0.05) is 0 Å². The molecule has 5 heteroatoms. The molecule has 1 aliphatic carbocycles. The molecule has 0 radical (unpaired) electrons. The molecular weight excluding hydrogens is 254 g/mol. The highest BCUT2D eigenvalue weighted by atomic mass is 16.1. The van der Waals surface area contributed by atoms with Crippen molar-refractivity contribution < 1.29 is 9.59 Å². The van der Waals surface area contributed by atoms with E-state index >= 15 is 0 Å². The number of aromatic nitrogens is 1. The molecule has 2 N–H and O–H groups in total. The fraction of sp³-hybridized carbons (Fsp3) is 0.133. The van der Waals surface area contributed by atoms with Crippen LogP contribution in [-0.2, 0) is 0 Å². The summed E-state index contributed by atoms with van der Waals surface area (Å²) < 4.78 is 0. The lowest BCUT2D eigenvalue weighted by Crippen LogP contribution is -2.23. The summed E-state index contributed by atoms with van der Waals surface area (Å²) in [6.45, 7) is 0. The van der Waals surface area contributed by atoms with Gasteiger partial charge in [0.1, 0.15) is 0 Å². The first-order valence-electron chi connectivity index (χ1n) is 6.25. The van der Waals surface area contributed by atoms with Gasteiger partial charge in [-0.3, -0.25) is 14.6 Å². The van der Waals surface area contributed by atoms with Crippen LogP contribution in [0.3, 0.4) is 0 Å². The fourth-order valence-corrected chi connectivity index (χ4v) is 2.53. The first kappa shape index (κ1) is 12.3. The molecule has 0 saturated carbocycles. The van der Waals surface area contributed by atoms with Gasteiger partial charge in [0.15, 0.2) is 11.6 Å². The van der Waals surface area contributed by atoms with E-state index in [1.54, 1.807) is 32.3 Å². The number of nitrogens with one attached hydrogen (secondary N) is 2. The predicted octanol–water partition coefficient (Wildman–Crippen LogP) is 1.94. The summed E-state index contributed by atoms with van der Waals surface area (Å²) in [6, 6.07) is 5.17. The molecule has 5 nitrogen and oxygen atoms in total. The van der Waals surface area contributed by atoms with E-state index < -0.39 is 0 Å². The monoisotopic (exact) mass is 267 g/mol. The minimum absolute atomic E-state index is 0.154. The Morgan fingerprint density at radius 1 is 0.850 bits per heavy atom. The molecule has 0 atom stereocenters. The summed E-state index contributed by atoms with van der Waals surface area (Å²) in [5.41, 5.74) is 2.89. The van der Waals surface area contributed by atoms with Gasteiger partial charge in [0, 0.05) is 43.4 Å². The number of anilines is 2. The number of pyridine rings is 1. The lowest BCUT2D eigenvalue weighted by molar-refractivity contribution is 0.0980. The van der Waals surface area contributed by atoms with Crippen LogP contribution in [0.15, 0.2) is 30.6 Å². The average Bonchev–Trinajstić information content (AvgIpc) is 2.51. The Balaban J connectivity index is 2.37. The number of nitrogens with zero attached hydrogens (tertiary/aromatic N) is 1. The number of carbonyl (C=O) groups is 2. The molecule has 3 rings (SSSR count). The van der Waals surface area contributed by atoms with Crippen LogP contribution in [0.25, 0.3) is 0 Å². The Kier molecular flexibility index (Phi) is 2.75. The molecule has 100 valence electrons. The second kappa shape index (κ2) is 4.45. The van der Waals surface area contributed by atoms with Gasteiger partial charge in [0.05, 0.1) is 16.7 Å². The van der Waals surface area contributed by atoms with Crippen LogP contribution >= 0.6 is 0 Å². The van der Waals surface area contributed by atoms with Crippen molar-refractivity contribution in [3.63, 3.8) is 0 Å². The second-order valence-corrected chi connectivity index (χ2v) is 4.49. The van der Waals surface area contributed by atoms with E-state index in [0.29, 0.717) is 33.6 Å². The first-order chi connectivity index (χ1) is 9.69. The Morgan fingerprint density at radius 3 is 1.95 bits per heavy atom. The molecule has 0 spiro atoms. The molecule has 0 fully saturated rings. The van der Waals surface area contributed by atoms with Crippen molar-refractivity contribution in [2.45, 2.75) is 0 Å². The largest absolute Gasteiger partial charge is 0.388 e. The molecule has 0 amide bonds. The third kappa shape index (κ3) is 1.53. The van der Waals surface area contributed by atoms with E-state index in [0.717, 1.165) is 0 Å². The van der Waals surface area contributed by atoms with E-state index in [9.17, 15) is 9.59 Å². The molecule has 1 aliphatic rings. The zero-order valence-corrected chi connectivity index (χ0v) is 11.2. The summed E-state index contributed by atoms with van der Waals surface area (Å²) in [6.07, 6.45) is 2.97. The van der Waals surface area contributed by atoms with Gasteiger partial charge in [0.25, 0.3) is 0 Å². The molecule has 1 aromatic carbocycles. The van der Waals surface area contributed by atoms with Crippen molar-refractivity contribution in [1.29, 1.82) is 0 Å². The number of carbonyl (C=O) groups excluding carboxylic acids is 2. The van der Waals surface area contributed by atoms with Gasteiger partial charge in [-0.25, -0.2) is 0 Å². The van der Waals surface area contributed by atoms with Gasteiger partial charge in [-0.15, -0.1) is 0 Å². The zero-order valence-electron chi connectivity index (χ0n) is 11.2. The number of hydrogen-bond donors (Lipinski definition) is 2. The van der Waals surface area contributed by atoms with Crippen LogP contribution < -0.4 is 10.6 Å². The highest BCUT2D eigenvalue weighted by molar-refractivity contribution is 6.31. The van der Waals surface area contributed by atoms with Crippen LogP contribution in [0.4, 0.5) is 11.4 Å². The molecule has 0 bridgehead atoms. The standard InChI is InChI=1S/C15H13N3O2/c1-16-10-3-4-11(17-2)13-12(10)14(19)8-5-6-18-7-9(8)15(13)20/h3-7,16-17H,1-2H3. The number of benzene rings is 1. The van der Waals surface area contributed by atoms with E-state index in [4.69, 9.17) is 0 Å². The quantitative estimate of drug-likeness (QED) is 0.742. The lowest BCUT2D eigenvalue weighted by Gasteiger charge is -2.22. The summed E-state index contributed by atoms with van der Waals surface area (Å²) in [5.74, 6) is -0.331. The molecular formula is C15H13N3O2. The smallest absolute Gasteiger partial charge is 0.198 e. The van der Waals surface area contributed by atoms with Crippen LogP contribution in [0.2, 0.25) is 0 Å². The maximum absolute atomic E-state index is 12.7. The van der Waals surface area contributed by atoms with Crippen LogP contribution in [0.5, 0.6) is 0 Å². The van der Waals surface area contributed by atoms with Crippen LogP contribution in [-0.4, -0.2) is 30.6 Å². The molecule has 20 heavy (non-hydrogen) atoms. The van der Waals surface area contributed by atoms with Crippen molar-refractivity contribution >= 4 is 22.9 Å². The Labute approximate surface area is 116 Å². The number of ketones is 2. The molecule has 2 aromatic rings. The molecule has 0 saturated heterocycles. The van der Waals surface area contributed by atoms with Gasteiger partial charge in [-0.05, 0) is 18.2 Å². The average molecular weight is 267 g/mol.